The van der Waals surface area contributed by atoms with Crippen LogP contribution in [0.5, 0.6) is 0 Å². The Bertz CT molecular complexity index is 897. The second-order valence-corrected chi connectivity index (χ2v) is 8.14. The molecule has 0 radical (unpaired) electrons. The number of nitrogens with zero attached hydrogens (tertiary/aromatic N) is 1. The highest BCUT2D eigenvalue weighted by Gasteiger charge is 2.30. The van der Waals surface area contributed by atoms with Crippen molar-refractivity contribution >= 4 is 33.3 Å². The molecule has 0 saturated carbocycles. The number of rotatable bonds is 9. The van der Waals surface area contributed by atoms with Gasteiger partial charge in [-0.25, -0.2) is 13.2 Å². The zero-order chi connectivity index (χ0) is 20.7. The van der Waals surface area contributed by atoms with Gasteiger partial charge in [0.1, 0.15) is 6.04 Å². The Hall–Kier alpha value is -2.09. The Morgan fingerprint density at radius 2 is 1.68 bits per heavy atom. The first kappa shape index (κ1) is 22.2. The molecule has 0 aliphatic carbocycles. The van der Waals surface area contributed by atoms with Gasteiger partial charge in [-0.3, -0.25) is 9.62 Å². The summed E-state index contributed by atoms with van der Waals surface area (Å²) < 4.78 is 33.5. The Morgan fingerprint density at radius 3 is 2.25 bits per heavy atom. The minimum atomic E-state index is -3.84. The number of carbonyl (C=O) groups is 1. The van der Waals surface area contributed by atoms with Crippen molar-refractivity contribution < 1.29 is 17.9 Å². The molecule has 0 bridgehead atoms. The predicted molar refractivity (Wildman–Crippen MR) is 111 cm³/mol. The summed E-state index contributed by atoms with van der Waals surface area (Å²) in [6.45, 7) is 7.09. The highest BCUT2D eigenvalue weighted by atomic mass is 35.5. The van der Waals surface area contributed by atoms with E-state index in [0.717, 1.165) is 0 Å². The molecule has 0 aliphatic rings. The molecule has 1 atom stereocenters. The van der Waals surface area contributed by atoms with Crippen LogP contribution in [0.2, 0.25) is 5.02 Å². The SMILES string of the molecule is CCOC(=O)C(c1ccccc1NS(=O)(=O)c1ccc(Cl)cc1)N(CC)CC. The van der Waals surface area contributed by atoms with Crippen molar-refractivity contribution in [3.63, 3.8) is 0 Å². The molecular weight excluding hydrogens is 400 g/mol. The third-order valence-corrected chi connectivity index (χ3v) is 5.94. The number of hydrogen-bond acceptors (Lipinski definition) is 5. The number of para-hydroxylation sites is 1. The highest BCUT2D eigenvalue weighted by molar-refractivity contribution is 7.92. The lowest BCUT2D eigenvalue weighted by Crippen LogP contribution is -2.35. The summed E-state index contributed by atoms with van der Waals surface area (Å²) in [5.74, 6) is -0.413. The molecule has 28 heavy (non-hydrogen) atoms. The van der Waals surface area contributed by atoms with E-state index in [4.69, 9.17) is 16.3 Å². The summed E-state index contributed by atoms with van der Waals surface area (Å²) in [5, 5.41) is 0.447. The molecule has 0 heterocycles. The first-order chi connectivity index (χ1) is 13.3. The topological polar surface area (TPSA) is 75.7 Å². The Labute approximate surface area is 171 Å². The molecule has 1 unspecified atom stereocenters. The first-order valence-corrected chi connectivity index (χ1v) is 11.0. The van der Waals surface area contributed by atoms with Crippen LogP contribution in [-0.2, 0) is 19.6 Å². The molecule has 6 nitrogen and oxygen atoms in total. The van der Waals surface area contributed by atoms with E-state index in [1.54, 1.807) is 31.2 Å². The van der Waals surface area contributed by atoms with Crippen molar-refractivity contribution in [3.05, 3.63) is 59.1 Å². The van der Waals surface area contributed by atoms with Crippen molar-refractivity contribution in [2.24, 2.45) is 0 Å². The van der Waals surface area contributed by atoms with Gasteiger partial charge in [-0.15, -0.1) is 0 Å². The molecule has 1 N–H and O–H groups in total. The number of carbonyl (C=O) groups excluding carboxylic acids is 1. The molecule has 2 aromatic carbocycles. The lowest BCUT2D eigenvalue weighted by molar-refractivity contribution is -0.149. The van der Waals surface area contributed by atoms with E-state index in [0.29, 0.717) is 29.4 Å². The Morgan fingerprint density at radius 1 is 1.07 bits per heavy atom. The largest absolute Gasteiger partial charge is 0.465 e. The van der Waals surface area contributed by atoms with Crippen LogP contribution in [0.4, 0.5) is 5.69 Å². The number of nitrogens with one attached hydrogen (secondary N) is 1. The monoisotopic (exact) mass is 424 g/mol. The van der Waals surface area contributed by atoms with E-state index in [1.165, 1.54) is 24.3 Å². The first-order valence-electron chi connectivity index (χ1n) is 9.12. The smallest absolute Gasteiger partial charge is 0.328 e. The summed E-state index contributed by atoms with van der Waals surface area (Å²) in [7, 11) is -3.84. The van der Waals surface area contributed by atoms with Crippen LogP contribution in [0.1, 0.15) is 32.4 Å². The molecule has 0 fully saturated rings. The van der Waals surface area contributed by atoms with Gasteiger partial charge >= 0.3 is 5.97 Å². The third-order valence-electron chi connectivity index (χ3n) is 4.31. The van der Waals surface area contributed by atoms with Crippen LogP contribution in [-0.4, -0.2) is 39.0 Å². The quantitative estimate of drug-likeness (QED) is 0.613. The molecule has 0 aliphatic heterocycles. The van der Waals surface area contributed by atoms with E-state index >= 15 is 0 Å². The summed E-state index contributed by atoms with van der Waals surface area (Å²) in [5.41, 5.74) is 0.879. The van der Waals surface area contributed by atoms with Crippen molar-refractivity contribution in [2.45, 2.75) is 31.7 Å². The van der Waals surface area contributed by atoms with Crippen LogP contribution in [0.25, 0.3) is 0 Å². The molecule has 152 valence electrons. The molecule has 0 spiro atoms. The maximum atomic E-state index is 12.8. The van der Waals surface area contributed by atoms with Gasteiger partial charge in [-0.2, -0.15) is 0 Å². The van der Waals surface area contributed by atoms with E-state index in [9.17, 15) is 13.2 Å². The fraction of sp³-hybridized carbons (Fsp3) is 0.350. The van der Waals surface area contributed by atoms with Gasteiger partial charge in [0, 0.05) is 10.6 Å². The zero-order valence-corrected chi connectivity index (χ0v) is 17.8. The maximum Gasteiger partial charge on any atom is 0.328 e. The molecule has 8 heteroatoms. The molecule has 0 saturated heterocycles. The van der Waals surface area contributed by atoms with E-state index in [2.05, 4.69) is 4.72 Å². The van der Waals surface area contributed by atoms with Crippen molar-refractivity contribution in [1.29, 1.82) is 0 Å². The summed E-state index contributed by atoms with van der Waals surface area (Å²) in [6.07, 6.45) is 0. The van der Waals surface area contributed by atoms with Crippen molar-refractivity contribution in [2.75, 3.05) is 24.4 Å². The lowest BCUT2D eigenvalue weighted by Gasteiger charge is -2.29. The van der Waals surface area contributed by atoms with Gasteiger partial charge in [0.15, 0.2) is 0 Å². The lowest BCUT2D eigenvalue weighted by atomic mass is 10.0. The van der Waals surface area contributed by atoms with Gasteiger partial charge < -0.3 is 4.74 Å². The second kappa shape index (κ2) is 9.91. The average molecular weight is 425 g/mol. The van der Waals surface area contributed by atoms with Gasteiger partial charge in [0.25, 0.3) is 10.0 Å². The van der Waals surface area contributed by atoms with Crippen LogP contribution in [0.3, 0.4) is 0 Å². The number of ether oxygens (including phenoxy) is 1. The zero-order valence-electron chi connectivity index (χ0n) is 16.2. The number of anilines is 1. The summed E-state index contributed by atoms with van der Waals surface area (Å²) in [6, 6.07) is 12.0. The van der Waals surface area contributed by atoms with Crippen molar-refractivity contribution in [3.8, 4) is 0 Å². The van der Waals surface area contributed by atoms with Gasteiger partial charge in [0.2, 0.25) is 0 Å². The minimum absolute atomic E-state index is 0.0854. The van der Waals surface area contributed by atoms with Crippen LogP contribution < -0.4 is 4.72 Å². The predicted octanol–water partition coefficient (Wildman–Crippen LogP) is 4.09. The van der Waals surface area contributed by atoms with Crippen LogP contribution in [0.15, 0.2) is 53.4 Å². The molecular formula is C20H25ClN2O4S. The standard InChI is InChI=1S/C20H25ClN2O4S/c1-4-23(5-2)19(20(24)27-6-3)17-9-7-8-10-18(17)22-28(25,26)16-13-11-15(21)12-14-16/h7-14,19,22H,4-6H2,1-3H3. The average Bonchev–Trinajstić information content (AvgIpc) is 2.67. The van der Waals surface area contributed by atoms with Crippen LogP contribution >= 0.6 is 11.6 Å². The molecule has 0 aromatic heterocycles. The fourth-order valence-corrected chi connectivity index (χ4v) is 4.14. The highest BCUT2D eigenvalue weighted by Crippen LogP contribution is 2.30. The van der Waals surface area contributed by atoms with Gasteiger partial charge in [-0.1, -0.05) is 43.6 Å². The van der Waals surface area contributed by atoms with Crippen molar-refractivity contribution in [1.82, 2.24) is 4.90 Å². The second-order valence-electron chi connectivity index (χ2n) is 6.02. The van der Waals surface area contributed by atoms with E-state index in [1.807, 2.05) is 18.7 Å². The minimum Gasteiger partial charge on any atom is -0.465 e. The summed E-state index contributed by atoms with van der Waals surface area (Å²) in [4.78, 5) is 14.7. The normalized spacial score (nSPS) is 12.6. The number of sulfonamides is 1. The van der Waals surface area contributed by atoms with E-state index in [-0.39, 0.29) is 11.5 Å². The number of hydrogen-bond donors (Lipinski definition) is 1. The maximum absolute atomic E-state index is 12.8. The van der Waals surface area contributed by atoms with Crippen LogP contribution in [0, 0.1) is 0 Å². The Kier molecular flexibility index (Phi) is 7.86. The third kappa shape index (κ3) is 5.25. The Balaban J connectivity index is 2.47. The van der Waals surface area contributed by atoms with Gasteiger partial charge in [0.05, 0.1) is 17.2 Å². The number of benzene rings is 2. The fourth-order valence-electron chi connectivity index (χ4n) is 2.93. The summed E-state index contributed by atoms with van der Waals surface area (Å²) >= 11 is 5.85. The van der Waals surface area contributed by atoms with Gasteiger partial charge in [-0.05, 0) is 50.3 Å². The molecule has 2 rings (SSSR count). The molecule has 2 aromatic rings. The number of esters is 1. The van der Waals surface area contributed by atoms with E-state index < -0.39 is 22.0 Å². The molecule has 0 amide bonds. The number of halogens is 1. The number of likely N-dealkylation sites (N-methyl/N-ethyl adjacent to an activating group) is 1.